The molecule has 0 saturated heterocycles. The molecule has 1 aromatic rings. The van der Waals surface area contributed by atoms with E-state index in [1.54, 1.807) is 7.05 Å². The zero-order valence-corrected chi connectivity index (χ0v) is 13.1. The molecule has 6 heteroatoms. The molecule has 0 aromatic heterocycles. The van der Waals surface area contributed by atoms with Crippen LogP contribution in [0.5, 0.6) is 0 Å². The SMILES string of the molecule is CNCCS(=O)(=O)NCCCN(C)Cc1ccccc1. The van der Waals surface area contributed by atoms with Crippen molar-refractivity contribution in [2.24, 2.45) is 0 Å². The van der Waals surface area contributed by atoms with E-state index in [1.165, 1.54) is 5.56 Å². The van der Waals surface area contributed by atoms with E-state index in [0.717, 1.165) is 19.5 Å². The maximum Gasteiger partial charge on any atom is 0.212 e. The predicted molar refractivity (Wildman–Crippen MR) is 83.1 cm³/mol. The van der Waals surface area contributed by atoms with Gasteiger partial charge < -0.3 is 10.2 Å². The predicted octanol–water partition coefficient (Wildman–Crippen LogP) is 0.647. The molecule has 0 aliphatic heterocycles. The Labute approximate surface area is 122 Å². The summed E-state index contributed by atoms with van der Waals surface area (Å²) >= 11 is 0. The maximum absolute atomic E-state index is 11.6. The second-order valence-corrected chi connectivity index (χ2v) is 6.82. The van der Waals surface area contributed by atoms with Crippen molar-refractivity contribution in [3.8, 4) is 0 Å². The highest BCUT2D eigenvalue weighted by atomic mass is 32.2. The summed E-state index contributed by atoms with van der Waals surface area (Å²) in [4.78, 5) is 2.19. The molecule has 0 aliphatic rings. The molecule has 0 atom stereocenters. The second-order valence-electron chi connectivity index (χ2n) is 4.89. The molecule has 0 heterocycles. The first-order valence-corrected chi connectivity index (χ1v) is 8.53. The zero-order valence-electron chi connectivity index (χ0n) is 12.3. The molecule has 2 N–H and O–H groups in total. The van der Waals surface area contributed by atoms with Crippen molar-refractivity contribution in [2.75, 3.05) is 39.5 Å². The Balaban J connectivity index is 2.17. The fourth-order valence-corrected chi connectivity index (χ4v) is 2.93. The van der Waals surface area contributed by atoms with Gasteiger partial charge in [-0.3, -0.25) is 0 Å². The fourth-order valence-electron chi connectivity index (χ4n) is 1.86. The Morgan fingerprint density at radius 2 is 1.85 bits per heavy atom. The van der Waals surface area contributed by atoms with Crippen molar-refractivity contribution in [2.45, 2.75) is 13.0 Å². The summed E-state index contributed by atoms with van der Waals surface area (Å²) in [7, 11) is 0.657. The molecule has 1 aromatic carbocycles. The molecular weight excluding hydrogens is 274 g/mol. The number of sulfonamides is 1. The van der Waals surface area contributed by atoms with Crippen molar-refractivity contribution in [1.82, 2.24) is 14.9 Å². The lowest BCUT2D eigenvalue weighted by atomic mass is 10.2. The van der Waals surface area contributed by atoms with Crippen LogP contribution in [0.4, 0.5) is 0 Å². The molecular formula is C14H25N3O2S. The maximum atomic E-state index is 11.6. The van der Waals surface area contributed by atoms with Gasteiger partial charge in [-0.05, 0) is 32.6 Å². The van der Waals surface area contributed by atoms with Gasteiger partial charge in [0, 0.05) is 19.6 Å². The highest BCUT2D eigenvalue weighted by molar-refractivity contribution is 7.89. The number of nitrogens with one attached hydrogen (secondary N) is 2. The number of benzene rings is 1. The average Bonchev–Trinajstić information content (AvgIpc) is 2.43. The lowest BCUT2D eigenvalue weighted by molar-refractivity contribution is 0.322. The van der Waals surface area contributed by atoms with Crippen LogP contribution in [0.2, 0.25) is 0 Å². The number of hydrogen-bond acceptors (Lipinski definition) is 4. The lowest BCUT2D eigenvalue weighted by Gasteiger charge is -2.16. The van der Waals surface area contributed by atoms with Crippen LogP contribution in [0.3, 0.4) is 0 Å². The van der Waals surface area contributed by atoms with E-state index in [9.17, 15) is 8.42 Å². The van der Waals surface area contributed by atoms with E-state index < -0.39 is 10.0 Å². The molecule has 0 bridgehead atoms. The summed E-state index contributed by atoms with van der Waals surface area (Å²) < 4.78 is 25.7. The van der Waals surface area contributed by atoms with E-state index in [1.807, 2.05) is 25.2 Å². The molecule has 0 radical (unpaired) electrons. The van der Waals surface area contributed by atoms with E-state index in [4.69, 9.17) is 0 Å². The van der Waals surface area contributed by atoms with Gasteiger partial charge in [0.25, 0.3) is 0 Å². The van der Waals surface area contributed by atoms with E-state index in [-0.39, 0.29) is 5.75 Å². The summed E-state index contributed by atoms with van der Waals surface area (Å²) in [5, 5.41) is 2.83. The third-order valence-corrected chi connectivity index (χ3v) is 4.34. The summed E-state index contributed by atoms with van der Waals surface area (Å²) in [6.45, 7) is 2.71. The van der Waals surface area contributed by atoms with Crippen LogP contribution in [-0.2, 0) is 16.6 Å². The standard InChI is InChI=1S/C14H25N3O2S/c1-15-10-12-20(18,19)16-9-6-11-17(2)13-14-7-4-3-5-8-14/h3-5,7-8,15-16H,6,9-13H2,1-2H3. The Morgan fingerprint density at radius 3 is 2.50 bits per heavy atom. The first-order chi connectivity index (χ1) is 9.53. The van der Waals surface area contributed by atoms with Crippen LogP contribution in [0.1, 0.15) is 12.0 Å². The van der Waals surface area contributed by atoms with Crippen LogP contribution in [-0.4, -0.2) is 52.8 Å². The molecule has 0 fully saturated rings. The van der Waals surface area contributed by atoms with Gasteiger partial charge in [-0.15, -0.1) is 0 Å². The van der Waals surface area contributed by atoms with Gasteiger partial charge in [-0.2, -0.15) is 0 Å². The highest BCUT2D eigenvalue weighted by Gasteiger charge is 2.08. The largest absolute Gasteiger partial charge is 0.319 e. The van der Waals surface area contributed by atoms with Gasteiger partial charge in [-0.25, -0.2) is 13.1 Å². The molecule has 1 rings (SSSR count). The van der Waals surface area contributed by atoms with Crippen LogP contribution in [0, 0.1) is 0 Å². The molecule has 0 unspecified atom stereocenters. The molecule has 0 aliphatic carbocycles. The molecule has 0 amide bonds. The van der Waals surface area contributed by atoms with E-state index in [2.05, 4.69) is 27.1 Å². The molecule has 20 heavy (non-hydrogen) atoms. The third kappa shape index (κ3) is 7.59. The van der Waals surface area contributed by atoms with Gasteiger partial charge >= 0.3 is 0 Å². The van der Waals surface area contributed by atoms with Crippen LogP contribution < -0.4 is 10.0 Å². The van der Waals surface area contributed by atoms with E-state index >= 15 is 0 Å². The summed E-state index contributed by atoms with van der Waals surface area (Å²) in [6.07, 6.45) is 0.808. The fraction of sp³-hybridized carbons (Fsp3) is 0.571. The number of rotatable bonds is 10. The normalized spacial score (nSPS) is 11.9. The van der Waals surface area contributed by atoms with Gasteiger partial charge in [0.05, 0.1) is 5.75 Å². The number of nitrogens with zero attached hydrogens (tertiary/aromatic N) is 1. The van der Waals surface area contributed by atoms with Crippen molar-refractivity contribution in [1.29, 1.82) is 0 Å². The Morgan fingerprint density at radius 1 is 1.15 bits per heavy atom. The molecule has 5 nitrogen and oxygen atoms in total. The third-order valence-electron chi connectivity index (χ3n) is 2.95. The molecule has 114 valence electrons. The minimum atomic E-state index is -3.13. The second kappa shape index (κ2) is 9.07. The Hall–Kier alpha value is -0.950. The average molecular weight is 299 g/mol. The Kier molecular flexibility index (Phi) is 7.76. The van der Waals surface area contributed by atoms with Crippen molar-refractivity contribution in [3.05, 3.63) is 35.9 Å². The lowest BCUT2D eigenvalue weighted by Crippen LogP contribution is -2.32. The van der Waals surface area contributed by atoms with Crippen LogP contribution >= 0.6 is 0 Å². The summed E-state index contributed by atoms with van der Waals surface area (Å²) in [5.41, 5.74) is 1.27. The van der Waals surface area contributed by atoms with Crippen LogP contribution in [0.15, 0.2) is 30.3 Å². The first kappa shape index (κ1) is 17.1. The molecule has 0 spiro atoms. The van der Waals surface area contributed by atoms with Gasteiger partial charge in [-0.1, -0.05) is 30.3 Å². The quantitative estimate of drug-likeness (QED) is 0.623. The van der Waals surface area contributed by atoms with Crippen molar-refractivity contribution in [3.63, 3.8) is 0 Å². The summed E-state index contributed by atoms with van der Waals surface area (Å²) in [6, 6.07) is 10.2. The van der Waals surface area contributed by atoms with E-state index in [0.29, 0.717) is 13.1 Å². The minimum Gasteiger partial charge on any atom is -0.319 e. The highest BCUT2D eigenvalue weighted by Crippen LogP contribution is 2.02. The van der Waals surface area contributed by atoms with Gasteiger partial charge in [0.15, 0.2) is 0 Å². The first-order valence-electron chi connectivity index (χ1n) is 6.88. The van der Waals surface area contributed by atoms with Gasteiger partial charge in [0.1, 0.15) is 0 Å². The van der Waals surface area contributed by atoms with Crippen molar-refractivity contribution < 1.29 is 8.42 Å². The molecule has 0 saturated carbocycles. The van der Waals surface area contributed by atoms with Crippen LogP contribution in [0.25, 0.3) is 0 Å². The van der Waals surface area contributed by atoms with Crippen molar-refractivity contribution >= 4 is 10.0 Å². The Bertz CT molecular complexity index is 463. The number of hydrogen-bond donors (Lipinski definition) is 2. The minimum absolute atomic E-state index is 0.128. The topological polar surface area (TPSA) is 61.4 Å². The smallest absolute Gasteiger partial charge is 0.212 e. The zero-order chi connectivity index (χ0) is 14.8. The monoisotopic (exact) mass is 299 g/mol. The van der Waals surface area contributed by atoms with Gasteiger partial charge in [0.2, 0.25) is 10.0 Å². The summed E-state index contributed by atoms with van der Waals surface area (Å²) in [5.74, 6) is 0.128.